The topological polar surface area (TPSA) is 136 Å². The van der Waals surface area contributed by atoms with Crippen LogP contribution in [0.3, 0.4) is 0 Å². The number of furan rings is 1. The Balaban J connectivity index is 1.49. The van der Waals surface area contributed by atoms with Gasteiger partial charge in [0.05, 0.1) is 11.4 Å². The van der Waals surface area contributed by atoms with Crippen LogP contribution in [0.5, 0.6) is 0 Å². The second-order valence-corrected chi connectivity index (χ2v) is 12.3. The van der Waals surface area contributed by atoms with E-state index in [-0.39, 0.29) is 29.1 Å². The Morgan fingerprint density at radius 3 is 2.51 bits per heavy atom. The van der Waals surface area contributed by atoms with Gasteiger partial charge in [-0.25, -0.2) is 8.42 Å². The summed E-state index contributed by atoms with van der Waals surface area (Å²) >= 11 is 0. The maximum Gasteiger partial charge on any atom is 0.245 e. The van der Waals surface area contributed by atoms with E-state index in [1.165, 1.54) is 12.1 Å². The molecule has 2 aliphatic rings. The number of fused-ring (bicyclic) bond motifs is 1. The van der Waals surface area contributed by atoms with Crippen molar-refractivity contribution in [3.63, 3.8) is 0 Å². The number of benzene rings is 2. The first kappa shape index (κ1) is 28.2. The van der Waals surface area contributed by atoms with E-state index in [0.29, 0.717) is 50.2 Å². The summed E-state index contributed by atoms with van der Waals surface area (Å²) in [4.78, 5) is 29.3. The normalized spacial score (nSPS) is 18.5. The third-order valence-electron chi connectivity index (χ3n) is 7.44. The summed E-state index contributed by atoms with van der Waals surface area (Å²) < 4.78 is 32.9. The minimum Gasteiger partial charge on any atom is -0.461 e. The van der Waals surface area contributed by atoms with Crippen LogP contribution >= 0.6 is 0 Å². The molecule has 1 aromatic heterocycles. The molecule has 0 spiro atoms. The average Bonchev–Trinajstić information content (AvgIpc) is 3.60. The number of anilines is 1. The smallest absolute Gasteiger partial charge is 0.245 e. The van der Waals surface area contributed by atoms with Crippen LogP contribution in [0.25, 0.3) is 11.0 Å². The third kappa shape index (κ3) is 6.23. The highest BCUT2D eigenvalue weighted by Crippen LogP contribution is 2.27. The van der Waals surface area contributed by atoms with Gasteiger partial charge >= 0.3 is 0 Å². The molecule has 0 radical (unpaired) electrons. The molecule has 214 valence electrons. The Labute approximate surface area is 239 Å². The number of allylic oxidation sites excluding steroid dienone is 1. The number of carbonyl (C=O) groups is 2. The van der Waals surface area contributed by atoms with Crippen LogP contribution < -0.4 is 10.6 Å². The molecule has 3 heterocycles. The van der Waals surface area contributed by atoms with E-state index < -0.39 is 20.8 Å². The van der Waals surface area contributed by atoms with E-state index in [1.54, 1.807) is 46.2 Å². The van der Waals surface area contributed by atoms with Crippen LogP contribution in [0.4, 0.5) is 5.69 Å². The van der Waals surface area contributed by atoms with Crippen molar-refractivity contribution >= 4 is 38.3 Å². The molecular weight excluding hydrogens is 542 g/mol. The first-order valence-electron chi connectivity index (χ1n) is 13.8. The van der Waals surface area contributed by atoms with E-state index >= 15 is 0 Å². The Kier molecular flexibility index (Phi) is 8.31. The van der Waals surface area contributed by atoms with Crippen molar-refractivity contribution in [3.05, 3.63) is 71.1 Å². The van der Waals surface area contributed by atoms with Gasteiger partial charge in [0.25, 0.3) is 0 Å². The molecule has 2 amide bonds. The summed E-state index contributed by atoms with van der Waals surface area (Å²) in [5.74, 6) is 0.244. The summed E-state index contributed by atoms with van der Waals surface area (Å²) in [7, 11) is -4.24. The van der Waals surface area contributed by atoms with Crippen LogP contribution in [-0.4, -0.2) is 62.3 Å². The zero-order valence-corrected chi connectivity index (χ0v) is 23.7. The highest BCUT2D eigenvalue weighted by molar-refractivity contribution is 7.95. The zero-order chi connectivity index (χ0) is 29.0. The van der Waals surface area contributed by atoms with Gasteiger partial charge in [0.15, 0.2) is 4.91 Å². The van der Waals surface area contributed by atoms with Gasteiger partial charge in [-0.05, 0) is 75.4 Å². The van der Waals surface area contributed by atoms with Crippen molar-refractivity contribution in [1.29, 1.82) is 5.26 Å². The molecule has 0 bridgehead atoms. The van der Waals surface area contributed by atoms with Crippen molar-refractivity contribution in [2.24, 2.45) is 0 Å². The standard InChI is InChI=1S/C30H33N5O5S/c1-21-17-22-18-23(12-13-26(22)40-21)32-29(27(19-31)41(38,39)24-9-3-2-4-10-24)33-25-11-5-6-16-35(30(25)37)20-28(36)34-14-7-8-15-34/h2-4,9-10,12-13,17-18,25,32-33H,5-8,11,14-16,20H2,1H3/b29-27-/t25-/m0/s1. The number of amides is 2. The number of nitrogens with zero attached hydrogens (tertiary/aromatic N) is 3. The zero-order valence-electron chi connectivity index (χ0n) is 22.9. The van der Waals surface area contributed by atoms with Crippen LogP contribution in [0.15, 0.2) is 74.6 Å². The van der Waals surface area contributed by atoms with Gasteiger partial charge in [0.2, 0.25) is 21.7 Å². The molecule has 2 aliphatic heterocycles. The highest BCUT2D eigenvalue weighted by atomic mass is 32.2. The lowest BCUT2D eigenvalue weighted by molar-refractivity contribution is -0.140. The second-order valence-electron chi connectivity index (χ2n) is 10.4. The van der Waals surface area contributed by atoms with Crippen LogP contribution in [0, 0.1) is 18.3 Å². The fraction of sp³-hybridized carbons (Fsp3) is 0.367. The van der Waals surface area contributed by atoms with Gasteiger partial charge in [0.1, 0.15) is 29.3 Å². The molecule has 0 aliphatic carbocycles. The molecule has 2 aromatic carbocycles. The van der Waals surface area contributed by atoms with Crippen molar-refractivity contribution in [1.82, 2.24) is 15.1 Å². The third-order valence-corrected chi connectivity index (χ3v) is 9.17. The molecule has 11 heteroatoms. The lowest BCUT2D eigenvalue weighted by atomic mass is 10.1. The number of nitrogens with one attached hydrogen (secondary N) is 2. The lowest BCUT2D eigenvalue weighted by Crippen LogP contribution is -2.49. The summed E-state index contributed by atoms with van der Waals surface area (Å²) in [5, 5.41) is 17.1. The number of carbonyl (C=O) groups excluding carboxylic acids is 2. The monoisotopic (exact) mass is 575 g/mol. The summed E-state index contributed by atoms with van der Waals surface area (Å²) in [6.45, 7) is 3.64. The molecule has 2 saturated heterocycles. The molecule has 41 heavy (non-hydrogen) atoms. The maximum atomic E-state index is 13.7. The number of likely N-dealkylation sites (tertiary alicyclic amines) is 2. The summed E-state index contributed by atoms with van der Waals surface area (Å²) in [6.07, 6.45) is 3.75. The fourth-order valence-corrected chi connectivity index (χ4v) is 6.57. The lowest BCUT2D eigenvalue weighted by Gasteiger charge is -2.28. The number of nitriles is 1. The van der Waals surface area contributed by atoms with E-state index in [9.17, 15) is 23.3 Å². The van der Waals surface area contributed by atoms with Gasteiger partial charge in [-0.3, -0.25) is 9.59 Å². The number of hydrogen-bond acceptors (Lipinski definition) is 8. The van der Waals surface area contributed by atoms with Crippen molar-refractivity contribution in [3.8, 4) is 6.07 Å². The van der Waals surface area contributed by atoms with Crippen LogP contribution in [0.1, 0.15) is 37.9 Å². The van der Waals surface area contributed by atoms with Crippen LogP contribution in [0.2, 0.25) is 0 Å². The molecule has 1 atom stereocenters. The first-order chi connectivity index (χ1) is 19.8. The largest absolute Gasteiger partial charge is 0.461 e. The van der Waals surface area contributed by atoms with E-state index in [2.05, 4.69) is 10.6 Å². The molecule has 2 fully saturated rings. The fourth-order valence-electron chi connectivity index (χ4n) is 5.32. The van der Waals surface area contributed by atoms with Gasteiger partial charge in [-0.15, -0.1) is 0 Å². The Bertz CT molecular complexity index is 1620. The SMILES string of the molecule is Cc1cc2cc(N/C(N[C@H]3CCCCN(CC(=O)N4CCCC4)C3=O)=C(\C#N)S(=O)(=O)c3ccccc3)ccc2o1. The molecule has 5 rings (SSSR count). The Hall–Kier alpha value is -4.30. The van der Waals surface area contributed by atoms with E-state index in [1.807, 2.05) is 19.1 Å². The van der Waals surface area contributed by atoms with Crippen molar-refractivity contribution in [2.45, 2.75) is 50.0 Å². The van der Waals surface area contributed by atoms with Gasteiger partial charge < -0.3 is 24.9 Å². The van der Waals surface area contributed by atoms with Crippen LogP contribution in [-0.2, 0) is 19.4 Å². The number of sulfone groups is 1. The molecule has 0 unspecified atom stereocenters. The van der Waals surface area contributed by atoms with E-state index in [0.717, 1.165) is 24.0 Å². The van der Waals surface area contributed by atoms with Gasteiger partial charge in [-0.2, -0.15) is 5.26 Å². The molecule has 3 aromatic rings. The molecular formula is C30H33N5O5S. The molecule has 0 saturated carbocycles. The Morgan fingerprint density at radius 1 is 1.05 bits per heavy atom. The second kappa shape index (κ2) is 12.1. The molecule has 10 nitrogen and oxygen atoms in total. The number of hydrogen-bond donors (Lipinski definition) is 2. The minimum absolute atomic E-state index is 0.0204. The predicted molar refractivity (Wildman–Crippen MR) is 154 cm³/mol. The molecule has 2 N–H and O–H groups in total. The Morgan fingerprint density at radius 2 is 1.78 bits per heavy atom. The van der Waals surface area contributed by atoms with Crippen molar-refractivity contribution in [2.75, 3.05) is 31.5 Å². The minimum atomic E-state index is -4.24. The van der Waals surface area contributed by atoms with Gasteiger partial charge in [-0.1, -0.05) is 18.2 Å². The average molecular weight is 576 g/mol. The number of aryl methyl sites for hydroxylation is 1. The van der Waals surface area contributed by atoms with Gasteiger partial charge in [0, 0.05) is 30.7 Å². The quantitative estimate of drug-likeness (QED) is 0.386. The highest BCUT2D eigenvalue weighted by Gasteiger charge is 2.33. The first-order valence-corrected chi connectivity index (χ1v) is 15.3. The maximum absolute atomic E-state index is 13.7. The number of rotatable bonds is 8. The summed E-state index contributed by atoms with van der Waals surface area (Å²) in [6, 6.07) is 15.8. The summed E-state index contributed by atoms with van der Waals surface area (Å²) in [5.41, 5.74) is 1.18. The van der Waals surface area contributed by atoms with Crippen molar-refractivity contribution < 1.29 is 22.4 Å². The predicted octanol–water partition coefficient (Wildman–Crippen LogP) is 3.91. The van der Waals surface area contributed by atoms with E-state index in [4.69, 9.17) is 4.42 Å².